The molecule has 0 aliphatic rings. The highest BCUT2D eigenvalue weighted by molar-refractivity contribution is 6.05. The van der Waals surface area contributed by atoms with Crippen molar-refractivity contribution in [3.8, 4) is 11.8 Å². The van der Waals surface area contributed by atoms with Crippen LogP contribution >= 0.6 is 0 Å². The minimum atomic E-state index is -0.436. The second-order valence-corrected chi connectivity index (χ2v) is 3.64. The zero-order chi connectivity index (χ0) is 14.4. The molecule has 2 heterocycles. The maximum Gasteiger partial charge on any atom is 0.264 e. The zero-order valence-electron chi connectivity index (χ0n) is 10.3. The van der Waals surface area contributed by atoms with E-state index in [0.717, 1.165) is 0 Å². The van der Waals surface area contributed by atoms with Crippen molar-refractivity contribution in [1.29, 1.82) is 0 Å². The van der Waals surface area contributed by atoms with Crippen molar-refractivity contribution in [3.05, 3.63) is 52.1 Å². The van der Waals surface area contributed by atoms with Crippen LogP contribution in [0.5, 0.6) is 0 Å². The fourth-order valence-corrected chi connectivity index (χ4v) is 1.42. The molecule has 0 aliphatic carbocycles. The number of anilines is 1. The number of rotatable bonds is 2. The van der Waals surface area contributed by atoms with Crippen LogP contribution in [-0.4, -0.2) is 32.8 Å². The van der Waals surface area contributed by atoms with Crippen LogP contribution in [0, 0.1) is 11.8 Å². The SMILES string of the molecule is O=C(Nc1ccc(=O)[nH]n1)c1ccncc1C#CCO. The lowest BCUT2D eigenvalue weighted by atomic mass is 10.1. The Hall–Kier alpha value is -2.98. The molecule has 2 aromatic rings. The topological polar surface area (TPSA) is 108 Å². The summed E-state index contributed by atoms with van der Waals surface area (Å²) in [5.74, 6) is 4.87. The first-order valence-corrected chi connectivity index (χ1v) is 5.61. The van der Waals surface area contributed by atoms with E-state index in [9.17, 15) is 9.59 Å². The van der Waals surface area contributed by atoms with Crippen molar-refractivity contribution in [3.63, 3.8) is 0 Å². The molecule has 20 heavy (non-hydrogen) atoms. The fraction of sp³-hybridized carbons (Fsp3) is 0.0769. The number of nitrogens with zero attached hydrogens (tertiary/aromatic N) is 2. The fourth-order valence-electron chi connectivity index (χ4n) is 1.42. The Kier molecular flexibility index (Phi) is 4.21. The Morgan fingerprint density at radius 2 is 2.25 bits per heavy atom. The van der Waals surface area contributed by atoms with Gasteiger partial charge in [0.1, 0.15) is 6.61 Å². The molecule has 0 unspecified atom stereocenters. The van der Waals surface area contributed by atoms with Crippen LogP contribution in [0.2, 0.25) is 0 Å². The largest absolute Gasteiger partial charge is 0.384 e. The van der Waals surface area contributed by atoms with E-state index in [1.54, 1.807) is 0 Å². The van der Waals surface area contributed by atoms with Crippen molar-refractivity contribution in [1.82, 2.24) is 15.2 Å². The van der Waals surface area contributed by atoms with Gasteiger partial charge in [-0.15, -0.1) is 0 Å². The molecule has 3 N–H and O–H groups in total. The Balaban J connectivity index is 2.25. The third-order valence-corrected chi connectivity index (χ3v) is 2.29. The minimum absolute atomic E-state index is 0.215. The number of aliphatic hydroxyl groups excluding tert-OH is 1. The van der Waals surface area contributed by atoms with Crippen LogP contribution in [0.15, 0.2) is 35.4 Å². The number of nitrogens with one attached hydrogen (secondary N) is 2. The first-order valence-electron chi connectivity index (χ1n) is 5.61. The lowest BCUT2D eigenvalue weighted by molar-refractivity contribution is 0.102. The predicted molar refractivity (Wildman–Crippen MR) is 71.0 cm³/mol. The molecule has 0 fully saturated rings. The van der Waals surface area contributed by atoms with Gasteiger partial charge in [0.15, 0.2) is 5.82 Å². The number of H-pyrrole nitrogens is 1. The highest BCUT2D eigenvalue weighted by atomic mass is 16.2. The molecule has 0 bridgehead atoms. The Bertz CT molecular complexity index is 723. The summed E-state index contributed by atoms with van der Waals surface area (Å²) in [6, 6.07) is 4.14. The number of carbonyl (C=O) groups is 1. The molecular weight excluding hydrogens is 260 g/mol. The van der Waals surface area contributed by atoms with Crippen molar-refractivity contribution < 1.29 is 9.90 Å². The molecule has 2 rings (SSSR count). The first kappa shape index (κ1) is 13.5. The quantitative estimate of drug-likeness (QED) is 0.653. The molecule has 100 valence electrons. The van der Waals surface area contributed by atoms with Crippen LogP contribution in [0.3, 0.4) is 0 Å². The number of hydrogen-bond acceptors (Lipinski definition) is 5. The second kappa shape index (κ2) is 6.26. The molecule has 7 nitrogen and oxygen atoms in total. The summed E-state index contributed by atoms with van der Waals surface area (Å²) in [7, 11) is 0. The van der Waals surface area contributed by atoms with Gasteiger partial charge >= 0.3 is 0 Å². The smallest absolute Gasteiger partial charge is 0.264 e. The monoisotopic (exact) mass is 270 g/mol. The number of hydrogen-bond donors (Lipinski definition) is 3. The molecule has 0 aromatic carbocycles. The summed E-state index contributed by atoms with van der Waals surface area (Å²) in [5, 5.41) is 17.1. The number of aromatic amines is 1. The van der Waals surface area contributed by atoms with Gasteiger partial charge in [0.25, 0.3) is 11.5 Å². The van der Waals surface area contributed by atoms with Crippen molar-refractivity contribution in [2.45, 2.75) is 0 Å². The van der Waals surface area contributed by atoms with Gasteiger partial charge in [-0.05, 0) is 12.1 Å². The van der Waals surface area contributed by atoms with Crippen LogP contribution < -0.4 is 10.9 Å². The molecule has 0 aliphatic heterocycles. The van der Waals surface area contributed by atoms with Crippen molar-refractivity contribution in [2.75, 3.05) is 11.9 Å². The third-order valence-electron chi connectivity index (χ3n) is 2.29. The Labute approximate surface area is 113 Å². The molecule has 7 heteroatoms. The standard InChI is InChI=1S/C13H10N4O3/c18-7-1-2-9-8-14-6-5-10(9)13(20)15-11-3-4-12(19)17-16-11/h3-6,8,18H,7H2,(H,17,19)(H,15,16,20). The highest BCUT2D eigenvalue weighted by Crippen LogP contribution is 2.08. The number of carbonyl (C=O) groups excluding carboxylic acids is 1. The lowest BCUT2D eigenvalue weighted by Gasteiger charge is -2.05. The summed E-state index contributed by atoms with van der Waals surface area (Å²) in [4.78, 5) is 26.8. The number of amides is 1. The number of pyridine rings is 1. The van der Waals surface area contributed by atoms with E-state index in [0.29, 0.717) is 11.1 Å². The van der Waals surface area contributed by atoms with Crippen LogP contribution in [0.25, 0.3) is 0 Å². The van der Waals surface area contributed by atoms with E-state index >= 15 is 0 Å². The minimum Gasteiger partial charge on any atom is -0.384 e. The first-order chi connectivity index (χ1) is 9.70. The molecule has 0 atom stereocenters. The van der Waals surface area contributed by atoms with Gasteiger partial charge in [-0.3, -0.25) is 14.6 Å². The average molecular weight is 270 g/mol. The average Bonchev–Trinajstić information content (AvgIpc) is 2.47. The molecule has 0 spiro atoms. The van der Waals surface area contributed by atoms with Gasteiger partial charge in [-0.1, -0.05) is 11.8 Å². The van der Waals surface area contributed by atoms with Crippen molar-refractivity contribution in [2.24, 2.45) is 0 Å². The Morgan fingerprint density at radius 3 is 2.95 bits per heavy atom. The summed E-state index contributed by atoms with van der Waals surface area (Å²) in [6.07, 6.45) is 2.89. The third kappa shape index (κ3) is 3.28. The van der Waals surface area contributed by atoms with Gasteiger partial charge in [0.2, 0.25) is 0 Å². The lowest BCUT2D eigenvalue weighted by Crippen LogP contribution is -2.17. The van der Waals surface area contributed by atoms with E-state index < -0.39 is 5.91 Å². The van der Waals surface area contributed by atoms with Crippen molar-refractivity contribution >= 4 is 11.7 Å². The van der Waals surface area contributed by atoms with E-state index in [2.05, 4.69) is 32.3 Å². The molecular formula is C13H10N4O3. The molecule has 2 aromatic heterocycles. The Morgan fingerprint density at radius 1 is 1.40 bits per heavy atom. The zero-order valence-corrected chi connectivity index (χ0v) is 10.3. The van der Waals surface area contributed by atoms with Crippen LogP contribution in [0.1, 0.15) is 15.9 Å². The summed E-state index contributed by atoms with van der Waals surface area (Å²) >= 11 is 0. The molecule has 0 saturated heterocycles. The molecule has 1 amide bonds. The van der Waals surface area contributed by atoms with E-state index in [1.165, 1.54) is 30.6 Å². The summed E-state index contributed by atoms with van der Waals surface area (Å²) < 4.78 is 0. The van der Waals surface area contributed by atoms with Gasteiger partial charge < -0.3 is 10.4 Å². The maximum atomic E-state index is 12.1. The summed E-state index contributed by atoms with van der Waals surface area (Å²) in [5.41, 5.74) is 0.332. The molecule has 0 saturated carbocycles. The highest BCUT2D eigenvalue weighted by Gasteiger charge is 2.11. The van der Waals surface area contributed by atoms with Gasteiger partial charge in [-0.2, -0.15) is 5.10 Å². The molecule has 0 radical (unpaired) electrons. The normalized spacial score (nSPS) is 9.45. The van der Waals surface area contributed by atoms with E-state index in [1.807, 2.05) is 0 Å². The number of aliphatic hydroxyl groups is 1. The van der Waals surface area contributed by atoms with E-state index in [4.69, 9.17) is 5.11 Å². The van der Waals surface area contributed by atoms with Crippen LogP contribution in [0.4, 0.5) is 5.82 Å². The second-order valence-electron chi connectivity index (χ2n) is 3.64. The van der Waals surface area contributed by atoms with Gasteiger partial charge in [0.05, 0.1) is 11.1 Å². The maximum absolute atomic E-state index is 12.1. The van der Waals surface area contributed by atoms with Crippen LogP contribution in [-0.2, 0) is 0 Å². The van der Waals surface area contributed by atoms with Gasteiger partial charge in [-0.25, -0.2) is 5.10 Å². The van der Waals surface area contributed by atoms with E-state index in [-0.39, 0.29) is 18.0 Å². The van der Waals surface area contributed by atoms with Gasteiger partial charge in [0, 0.05) is 18.5 Å². The predicted octanol–water partition coefficient (Wildman–Crippen LogP) is -0.239. The summed E-state index contributed by atoms with van der Waals surface area (Å²) in [6.45, 7) is -0.308. The number of aromatic nitrogens is 3.